The maximum absolute atomic E-state index is 10.4. The van der Waals surface area contributed by atoms with Crippen LogP contribution in [0.15, 0.2) is 18.5 Å². The number of allylic oxidation sites excluding steroid dienone is 1. The van der Waals surface area contributed by atoms with Crippen LogP contribution in [0.25, 0.3) is 6.08 Å². The van der Waals surface area contributed by atoms with E-state index in [1.807, 2.05) is 0 Å². The van der Waals surface area contributed by atoms with Crippen LogP contribution < -0.4 is 0 Å². The number of hydrogen-bond donors (Lipinski definition) is 0. The van der Waals surface area contributed by atoms with E-state index in [0.717, 1.165) is 0 Å². The van der Waals surface area contributed by atoms with E-state index in [-0.39, 0.29) is 17.1 Å². The predicted molar refractivity (Wildman–Crippen MR) is 79.8 cm³/mol. The Kier molecular flexibility index (Phi) is 5.83. The molecule has 0 aliphatic heterocycles. The van der Waals surface area contributed by atoms with Crippen LogP contribution in [0.1, 0.15) is 23.1 Å². The Morgan fingerprint density at radius 1 is 1.00 bits per heavy atom. The van der Waals surface area contributed by atoms with E-state index in [1.165, 1.54) is 28.8 Å². The van der Waals surface area contributed by atoms with Gasteiger partial charge in [-0.25, -0.2) is 0 Å². The Morgan fingerprint density at radius 2 is 1.43 bits per heavy atom. The average Bonchev–Trinajstić information content (AvgIpc) is 3.03. The molecular weight excluding hydrogens is 308 g/mol. The van der Waals surface area contributed by atoms with Gasteiger partial charge in [-0.05, 0) is 13.0 Å². The molecule has 0 fully saturated rings. The molecule has 2 aromatic rings. The third-order valence-electron chi connectivity index (χ3n) is 2.50. The van der Waals surface area contributed by atoms with Crippen LogP contribution in [0.4, 0.5) is 11.4 Å². The Morgan fingerprint density at radius 3 is 1.78 bits per heavy atom. The zero-order chi connectivity index (χ0) is 17.6. The minimum Gasteiger partial charge on any atom is -0.296 e. The number of nitrogens with zero attached hydrogens (tertiary/aromatic N) is 6. The second kappa shape index (κ2) is 7.59. The first kappa shape index (κ1) is 17.7. The minimum absolute atomic E-state index is 0.0376. The van der Waals surface area contributed by atoms with Crippen molar-refractivity contribution in [3.8, 4) is 0 Å². The van der Waals surface area contributed by atoms with Gasteiger partial charge in [0.1, 0.15) is 12.4 Å². The van der Waals surface area contributed by atoms with Gasteiger partial charge in [-0.2, -0.15) is 10.2 Å². The normalized spacial score (nSPS) is 10.2. The van der Waals surface area contributed by atoms with E-state index in [9.17, 15) is 25.0 Å². The molecule has 0 saturated carbocycles. The lowest BCUT2D eigenvalue weighted by atomic mass is 10.3. The number of carbonyl (C=O) groups is 1. The quantitative estimate of drug-likeness (QED) is 0.472. The summed E-state index contributed by atoms with van der Waals surface area (Å²) in [6.45, 7) is 1.79. The molecule has 11 nitrogen and oxygen atoms in total. The third kappa shape index (κ3) is 4.56. The van der Waals surface area contributed by atoms with Crippen LogP contribution >= 0.6 is 0 Å². The second-order valence-electron chi connectivity index (χ2n) is 4.28. The first-order valence-electron chi connectivity index (χ1n) is 6.24. The minimum atomic E-state index is -0.642. The maximum atomic E-state index is 10.4. The zero-order valence-corrected chi connectivity index (χ0v) is 12.6. The summed E-state index contributed by atoms with van der Waals surface area (Å²) < 4.78 is 2.65. The summed E-state index contributed by atoms with van der Waals surface area (Å²) in [6, 6.07) is 0. The van der Waals surface area contributed by atoms with Crippen molar-refractivity contribution in [2.75, 3.05) is 0 Å². The van der Waals surface area contributed by atoms with Crippen LogP contribution in [0, 0.1) is 20.2 Å². The summed E-state index contributed by atoms with van der Waals surface area (Å²) in [7, 11) is 3.17. The molecule has 23 heavy (non-hydrogen) atoms. The van der Waals surface area contributed by atoms with E-state index in [2.05, 4.69) is 10.2 Å². The first-order valence-corrected chi connectivity index (χ1v) is 6.24. The Balaban J connectivity index is 0.000000231. The van der Waals surface area contributed by atoms with Gasteiger partial charge >= 0.3 is 11.4 Å². The maximum Gasteiger partial charge on any atom is 0.317 e. The molecular formula is C12H14N6O5. The molecule has 0 atom stereocenters. The third-order valence-corrected chi connectivity index (χ3v) is 2.50. The summed E-state index contributed by atoms with van der Waals surface area (Å²) in [4.78, 5) is 29.7. The summed E-state index contributed by atoms with van der Waals surface area (Å²) in [5.41, 5.74) is 0.0283. The average molecular weight is 322 g/mol. The van der Waals surface area contributed by atoms with Gasteiger partial charge in [0.2, 0.25) is 5.69 Å². The molecule has 122 valence electrons. The highest BCUT2D eigenvalue weighted by Crippen LogP contribution is 2.16. The standard InChI is InChI=1S/C7H9N3O2.C5H5N3O3/c1-3-4-6-7(10(11)12)5-9(2)8-6;1-7-2-5(8(10)11)4(3-9)6-7/h3-5H,1-2H3;2-3H,1H3/b4-3+;. The van der Waals surface area contributed by atoms with E-state index >= 15 is 0 Å². The van der Waals surface area contributed by atoms with Gasteiger partial charge in [-0.3, -0.25) is 34.4 Å². The second-order valence-corrected chi connectivity index (χ2v) is 4.28. The fraction of sp³-hybridized carbons (Fsp3) is 0.250. The summed E-state index contributed by atoms with van der Waals surface area (Å²) in [5.74, 6) is 0. The SMILES string of the molecule is C/C=C/c1nn(C)cc1[N+](=O)[O-].Cn1cc([N+](=O)[O-])c(C=O)n1. The van der Waals surface area contributed by atoms with Crippen LogP contribution in [0.2, 0.25) is 0 Å². The van der Waals surface area contributed by atoms with E-state index < -0.39 is 9.85 Å². The number of aryl methyl sites for hydroxylation is 2. The number of aromatic nitrogens is 4. The number of hydrogen-bond acceptors (Lipinski definition) is 7. The molecule has 0 aliphatic carbocycles. The smallest absolute Gasteiger partial charge is 0.296 e. The Bertz CT molecular complexity index is 760. The first-order chi connectivity index (χ1) is 10.8. The van der Waals surface area contributed by atoms with Crippen LogP contribution in [-0.2, 0) is 14.1 Å². The van der Waals surface area contributed by atoms with Gasteiger partial charge in [0, 0.05) is 14.1 Å². The van der Waals surface area contributed by atoms with Crippen LogP contribution in [-0.4, -0.2) is 35.7 Å². The van der Waals surface area contributed by atoms with Gasteiger partial charge in [-0.1, -0.05) is 6.08 Å². The number of nitro groups is 2. The summed E-state index contributed by atoms with van der Waals surface area (Å²) in [5, 5.41) is 28.1. The largest absolute Gasteiger partial charge is 0.317 e. The van der Waals surface area contributed by atoms with Crippen molar-refractivity contribution in [3.63, 3.8) is 0 Å². The molecule has 0 N–H and O–H groups in total. The van der Waals surface area contributed by atoms with Crippen molar-refractivity contribution in [1.82, 2.24) is 19.6 Å². The molecule has 2 heterocycles. The van der Waals surface area contributed by atoms with Crippen LogP contribution in [0.3, 0.4) is 0 Å². The summed E-state index contributed by atoms with van der Waals surface area (Å²) in [6.07, 6.45) is 6.25. The van der Waals surface area contributed by atoms with Crippen molar-refractivity contribution < 1.29 is 14.6 Å². The fourth-order valence-electron chi connectivity index (χ4n) is 1.63. The van der Waals surface area contributed by atoms with Crippen LogP contribution in [0.5, 0.6) is 0 Å². The molecule has 0 aliphatic rings. The zero-order valence-electron chi connectivity index (χ0n) is 12.6. The van der Waals surface area contributed by atoms with Gasteiger partial charge < -0.3 is 0 Å². The van der Waals surface area contributed by atoms with Gasteiger partial charge in [0.05, 0.1) is 9.85 Å². The lowest BCUT2D eigenvalue weighted by Gasteiger charge is -1.84. The molecule has 0 bridgehead atoms. The lowest BCUT2D eigenvalue weighted by molar-refractivity contribution is -0.385. The molecule has 0 spiro atoms. The van der Waals surface area contributed by atoms with Crippen molar-refractivity contribution in [1.29, 1.82) is 0 Å². The molecule has 2 aromatic heterocycles. The fourth-order valence-corrected chi connectivity index (χ4v) is 1.63. The Hall–Kier alpha value is -3.37. The van der Waals surface area contributed by atoms with Crippen molar-refractivity contribution in [2.24, 2.45) is 14.1 Å². The predicted octanol–water partition coefficient (Wildman–Crippen LogP) is 1.50. The monoisotopic (exact) mass is 322 g/mol. The summed E-state index contributed by atoms with van der Waals surface area (Å²) >= 11 is 0. The lowest BCUT2D eigenvalue weighted by Crippen LogP contribution is -1.91. The highest BCUT2D eigenvalue weighted by atomic mass is 16.6. The molecule has 0 aromatic carbocycles. The van der Waals surface area contributed by atoms with Gasteiger partial charge in [0.25, 0.3) is 0 Å². The van der Waals surface area contributed by atoms with Crippen molar-refractivity contribution >= 4 is 23.7 Å². The number of rotatable bonds is 4. The van der Waals surface area contributed by atoms with Crippen molar-refractivity contribution in [3.05, 3.63) is 50.1 Å². The van der Waals surface area contributed by atoms with E-state index in [0.29, 0.717) is 12.0 Å². The molecule has 0 amide bonds. The van der Waals surface area contributed by atoms with Gasteiger partial charge in [0.15, 0.2) is 12.0 Å². The topological polar surface area (TPSA) is 139 Å². The molecule has 0 unspecified atom stereocenters. The van der Waals surface area contributed by atoms with Gasteiger partial charge in [-0.15, -0.1) is 0 Å². The highest BCUT2D eigenvalue weighted by Gasteiger charge is 2.16. The number of carbonyl (C=O) groups excluding carboxylic acids is 1. The molecule has 2 rings (SSSR count). The van der Waals surface area contributed by atoms with E-state index in [4.69, 9.17) is 0 Å². The number of aldehydes is 1. The molecule has 11 heteroatoms. The van der Waals surface area contributed by atoms with E-state index in [1.54, 1.807) is 26.1 Å². The molecule has 0 radical (unpaired) electrons. The highest BCUT2D eigenvalue weighted by molar-refractivity contribution is 5.77. The molecule has 0 saturated heterocycles. The van der Waals surface area contributed by atoms with Crippen molar-refractivity contribution in [2.45, 2.75) is 6.92 Å². The Labute approximate surface area is 130 Å².